The molecule has 1 amide bonds. The van der Waals surface area contributed by atoms with Gasteiger partial charge in [-0.1, -0.05) is 35.7 Å². The van der Waals surface area contributed by atoms with Crippen LogP contribution in [0.3, 0.4) is 0 Å². The molecule has 2 fully saturated rings. The Balaban J connectivity index is 1.52. The van der Waals surface area contributed by atoms with Crippen molar-refractivity contribution in [2.75, 3.05) is 0 Å². The molecule has 0 heterocycles. The van der Waals surface area contributed by atoms with E-state index in [-0.39, 0.29) is 5.91 Å². The van der Waals surface area contributed by atoms with E-state index in [1.54, 1.807) is 0 Å². The highest BCUT2D eigenvalue weighted by atomic mass is 35.5. The first kappa shape index (κ1) is 14.2. The molecule has 2 aliphatic rings. The molecule has 4 heteroatoms. The molecule has 0 radical (unpaired) electrons. The summed E-state index contributed by atoms with van der Waals surface area (Å²) < 4.78 is 0. The van der Waals surface area contributed by atoms with Gasteiger partial charge in [0.25, 0.3) is 0 Å². The van der Waals surface area contributed by atoms with Crippen molar-refractivity contribution in [3.8, 4) is 0 Å². The van der Waals surface area contributed by atoms with Crippen molar-refractivity contribution in [3.05, 3.63) is 33.8 Å². The van der Waals surface area contributed by atoms with Gasteiger partial charge in [0.2, 0.25) is 5.91 Å². The normalized spacial score (nSPS) is 27.8. The maximum absolute atomic E-state index is 12.1. The van der Waals surface area contributed by atoms with E-state index >= 15 is 0 Å². The van der Waals surface area contributed by atoms with Gasteiger partial charge in [-0.2, -0.15) is 0 Å². The molecular weight excluding hydrogens is 293 g/mol. The number of benzene rings is 1. The fourth-order valence-corrected chi connectivity index (χ4v) is 4.30. The molecule has 2 aliphatic carbocycles. The third kappa shape index (κ3) is 2.96. The molecule has 0 aliphatic heterocycles. The number of carbonyl (C=O) groups excluding carboxylic acids is 1. The first-order chi connectivity index (χ1) is 9.63. The lowest BCUT2D eigenvalue weighted by molar-refractivity contribution is -0.122. The Kier molecular flexibility index (Phi) is 4.23. The number of nitrogens with one attached hydrogen (secondary N) is 1. The van der Waals surface area contributed by atoms with E-state index in [1.165, 1.54) is 25.7 Å². The van der Waals surface area contributed by atoms with Crippen LogP contribution in [-0.2, 0) is 11.2 Å². The topological polar surface area (TPSA) is 29.1 Å². The summed E-state index contributed by atoms with van der Waals surface area (Å²) in [6.45, 7) is 0. The number of fused-ring (bicyclic) bond motifs is 2. The van der Waals surface area contributed by atoms with Gasteiger partial charge in [-0.05, 0) is 55.2 Å². The quantitative estimate of drug-likeness (QED) is 0.885. The van der Waals surface area contributed by atoms with E-state index in [2.05, 4.69) is 5.32 Å². The Morgan fingerprint density at radius 3 is 2.55 bits per heavy atom. The molecule has 0 aromatic heterocycles. The highest BCUT2D eigenvalue weighted by Crippen LogP contribution is 2.44. The fourth-order valence-electron chi connectivity index (χ4n) is 3.71. The van der Waals surface area contributed by atoms with Crippen LogP contribution < -0.4 is 5.32 Å². The van der Waals surface area contributed by atoms with E-state index in [0.717, 1.165) is 11.5 Å². The maximum Gasteiger partial charge on any atom is 0.220 e. The summed E-state index contributed by atoms with van der Waals surface area (Å²) in [5.41, 5.74) is 0.874. The minimum Gasteiger partial charge on any atom is -0.353 e. The molecule has 2 nitrogen and oxygen atoms in total. The van der Waals surface area contributed by atoms with E-state index in [1.807, 2.05) is 18.2 Å². The summed E-state index contributed by atoms with van der Waals surface area (Å²) in [4.78, 5) is 12.1. The minimum atomic E-state index is 0.124. The predicted molar refractivity (Wildman–Crippen MR) is 82.2 cm³/mol. The van der Waals surface area contributed by atoms with E-state index < -0.39 is 0 Å². The van der Waals surface area contributed by atoms with Gasteiger partial charge in [0.15, 0.2) is 0 Å². The third-order valence-electron chi connectivity index (χ3n) is 4.75. The zero-order chi connectivity index (χ0) is 14.1. The van der Waals surface area contributed by atoms with Gasteiger partial charge in [-0.3, -0.25) is 4.79 Å². The monoisotopic (exact) mass is 311 g/mol. The van der Waals surface area contributed by atoms with Crippen LogP contribution in [0, 0.1) is 11.8 Å². The SMILES string of the molecule is O=C(CCc1c(Cl)cccc1Cl)N[C@H]1C[C@H]2CC[C@H]1C2. The molecule has 0 saturated heterocycles. The molecule has 108 valence electrons. The highest BCUT2D eigenvalue weighted by Gasteiger charge is 2.39. The van der Waals surface area contributed by atoms with Crippen molar-refractivity contribution in [1.29, 1.82) is 0 Å². The molecule has 0 spiro atoms. The standard InChI is InChI=1S/C16H19Cl2NO/c17-13-2-1-3-14(18)12(13)6-7-16(20)19-15-9-10-4-5-11(15)8-10/h1-3,10-11,15H,4-9H2,(H,19,20)/t10-,11-,15-/m0/s1. The molecule has 0 unspecified atom stereocenters. The van der Waals surface area contributed by atoms with Crippen LogP contribution in [0.15, 0.2) is 18.2 Å². The Hall–Kier alpha value is -0.730. The second-order valence-corrected chi connectivity index (χ2v) is 6.86. The van der Waals surface area contributed by atoms with Crippen LogP contribution >= 0.6 is 23.2 Å². The summed E-state index contributed by atoms with van der Waals surface area (Å²) in [5, 5.41) is 4.48. The van der Waals surface area contributed by atoms with Crippen molar-refractivity contribution in [2.24, 2.45) is 11.8 Å². The molecule has 2 saturated carbocycles. The van der Waals surface area contributed by atoms with Gasteiger partial charge in [-0.25, -0.2) is 0 Å². The predicted octanol–water partition coefficient (Wildman–Crippen LogP) is 4.23. The Morgan fingerprint density at radius 2 is 1.95 bits per heavy atom. The lowest BCUT2D eigenvalue weighted by Crippen LogP contribution is -2.38. The van der Waals surface area contributed by atoms with E-state index in [9.17, 15) is 4.79 Å². The van der Waals surface area contributed by atoms with Crippen molar-refractivity contribution >= 4 is 29.1 Å². The number of carbonyl (C=O) groups is 1. The van der Waals surface area contributed by atoms with Crippen LogP contribution in [0.5, 0.6) is 0 Å². The minimum absolute atomic E-state index is 0.124. The first-order valence-electron chi connectivity index (χ1n) is 7.35. The van der Waals surface area contributed by atoms with Gasteiger partial charge >= 0.3 is 0 Å². The van der Waals surface area contributed by atoms with Crippen molar-refractivity contribution < 1.29 is 4.79 Å². The van der Waals surface area contributed by atoms with Crippen LogP contribution in [0.4, 0.5) is 0 Å². The number of rotatable bonds is 4. The van der Waals surface area contributed by atoms with Gasteiger partial charge in [0.1, 0.15) is 0 Å². The number of hydrogen-bond acceptors (Lipinski definition) is 1. The number of halogens is 2. The average Bonchev–Trinajstić information content (AvgIpc) is 3.00. The van der Waals surface area contributed by atoms with Crippen LogP contribution in [0.2, 0.25) is 10.0 Å². The van der Waals surface area contributed by atoms with Crippen LogP contribution in [0.25, 0.3) is 0 Å². The number of hydrogen-bond donors (Lipinski definition) is 1. The second kappa shape index (κ2) is 5.95. The summed E-state index contributed by atoms with van der Waals surface area (Å²) in [5.74, 6) is 1.69. The summed E-state index contributed by atoms with van der Waals surface area (Å²) in [7, 11) is 0. The first-order valence-corrected chi connectivity index (χ1v) is 8.11. The van der Waals surface area contributed by atoms with Crippen molar-refractivity contribution in [1.82, 2.24) is 5.32 Å². The molecule has 20 heavy (non-hydrogen) atoms. The zero-order valence-corrected chi connectivity index (χ0v) is 12.9. The molecule has 3 rings (SSSR count). The largest absolute Gasteiger partial charge is 0.353 e. The Morgan fingerprint density at radius 1 is 1.20 bits per heavy atom. The van der Waals surface area contributed by atoms with Gasteiger partial charge in [0, 0.05) is 22.5 Å². The van der Waals surface area contributed by atoms with Crippen LogP contribution in [-0.4, -0.2) is 11.9 Å². The molecule has 1 aromatic rings. The number of amides is 1. The molecule has 2 bridgehead atoms. The molecular formula is C16H19Cl2NO. The fraction of sp³-hybridized carbons (Fsp3) is 0.562. The van der Waals surface area contributed by atoms with Gasteiger partial charge < -0.3 is 5.32 Å². The molecule has 1 aromatic carbocycles. The molecule has 3 atom stereocenters. The second-order valence-electron chi connectivity index (χ2n) is 6.05. The lowest BCUT2D eigenvalue weighted by Gasteiger charge is -2.23. The maximum atomic E-state index is 12.1. The highest BCUT2D eigenvalue weighted by molar-refractivity contribution is 6.36. The molecule has 1 N–H and O–H groups in total. The van der Waals surface area contributed by atoms with Crippen LogP contribution in [0.1, 0.15) is 37.7 Å². The Bertz CT molecular complexity index is 497. The Labute approximate surface area is 129 Å². The summed E-state index contributed by atoms with van der Waals surface area (Å²) in [6.07, 6.45) is 6.17. The smallest absolute Gasteiger partial charge is 0.220 e. The average molecular weight is 312 g/mol. The van der Waals surface area contributed by atoms with Crippen molar-refractivity contribution in [2.45, 2.75) is 44.6 Å². The summed E-state index contributed by atoms with van der Waals surface area (Å²) in [6, 6.07) is 5.86. The van der Waals surface area contributed by atoms with E-state index in [4.69, 9.17) is 23.2 Å². The van der Waals surface area contributed by atoms with Gasteiger partial charge in [-0.15, -0.1) is 0 Å². The lowest BCUT2D eigenvalue weighted by atomic mass is 9.95. The zero-order valence-electron chi connectivity index (χ0n) is 11.4. The van der Waals surface area contributed by atoms with Gasteiger partial charge in [0.05, 0.1) is 0 Å². The third-order valence-corrected chi connectivity index (χ3v) is 5.46. The van der Waals surface area contributed by atoms with Crippen molar-refractivity contribution in [3.63, 3.8) is 0 Å². The summed E-state index contributed by atoms with van der Waals surface area (Å²) >= 11 is 12.2. The van der Waals surface area contributed by atoms with E-state index in [0.29, 0.717) is 34.8 Å².